The number of piperidine rings is 1. The number of hydrogen-bond acceptors (Lipinski definition) is 6. The van der Waals surface area contributed by atoms with E-state index in [1.54, 1.807) is 30.3 Å². The van der Waals surface area contributed by atoms with Crippen molar-refractivity contribution in [1.82, 2.24) is 4.90 Å². The van der Waals surface area contributed by atoms with Crippen molar-refractivity contribution in [2.75, 3.05) is 24.5 Å². The number of hydrogen-bond donors (Lipinski definition) is 1. The Morgan fingerprint density at radius 3 is 2.18 bits per heavy atom. The molecule has 1 N–H and O–H groups in total. The van der Waals surface area contributed by atoms with Gasteiger partial charge in [0.15, 0.2) is 6.29 Å². The summed E-state index contributed by atoms with van der Waals surface area (Å²) in [5.74, 6) is -0.545. The van der Waals surface area contributed by atoms with E-state index in [-0.39, 0.29) is 36.5 Å². The maximum Gasteiger partial charge on any atom is 0.266 e. The highest BCUT2D eigenvalue weighted by Crippen LogP contribution is 2.43. The molecular formula is C32H34N2O5. The van der Waals surface area contributed by atoms with Crippen molar-refractivity contribution in [1.29, 1.82) is 0 Å². The number of fused-ring (bicyclic) bond motifs is 1. The zero-order valence-electron chi connectivity index (χ0n) is 22.2. The first-order valence-corrected chi connectivity index (χ1v) is 13.8. The molecule has 3 aromatic carbocycles. The van der Waals surface area contributed by atoms with Crippen LogP contribution in [0.5, 0.6) is 0 Å². The van der Waals surface area contributed by atoms with E-state index in [0.717, 1.165) is 36.3 Å². The Labute approximate surface area is 229 Å². The molecule has 202 valence electrons. The molecule has 39 heavy (non-hydrogen) atoms. The zero-order valence-corrected chi connectivity index (χ0v) is 22.2. The lowest BCUT2D eigenvalue weighted by molar-refractivity contribution is -0.276. The first-order chi connectivity index (χ1) is 19.0. The summed E-state index contributed by atoms with van der Waals surface area (Å²) in [7, 11) is 0. The SMILES string of the molecule is C[C@@H]1[C@H](CN2CCCCC2)O[C@H](c2cccc(N3C(=O)c4ccccc4C3=O)c2)O[C@@H]1c1ccc(CO)cc1. The Morgan fingerprint density at radius 1 is 0.821 bits per heavy atom. The van der Waals surface area contributed by atoms with Crippen LogP contribution in [-0.4, -0.2) is 47.6 Å². The topological polar surface area (TPSA) is 79.3 Å². The summed E-state index contributed by atoms with van der Waals surface area (Å²) in [6.45, 7) is 5.14. The van der Waals surface area contributed by atoms with Crippen molar-refractivity contribution in [2.45, 2.75) is 51.3 Å². The second kappa shape index (κ2) is 11.0. The van der Waals surface area contributed by atoms with Gasteiger partial charge in [0.05, 0.1) is 35.6 Å². The Hall–Kier alpha value is -3.36. The van der Waals surface area contributed by atoms with Crippen LogP contribution in [0.1, 0.15) is 76.0 Å². The van der Waals surface area contributed by atoms with E-state index >= 15 is 0 Å². The summed E-state index contributed by atoms with van der Waals surface area (Å²) >= 11 is 0. The Kier molecular flexibility index (Phi) is 7.32. The van der Waals surface area contributed by atoms with E-state index in [4.69, 9.17) is 9.47 Å². The van der Waals surface area contributed by atoms with Gasteiger partial charge in [-0.3, -0.25) is 9.59 Å². The van der Waals surface area contributed by atoms with Gasteiger partial charge >= 0.3 is 0 Å². The number of nitrogens with zero attached hydrogens (tertiary/aromatic N) is 2. The quantitative estimate of drug-likeness (QED) is 0.442. The molecule has 0 aromatic heterocycles. The third kappa shape index (κ3) is 5.03. The number of carbonyl (C=O) groups excluding carboxylic acids is 2. The van der Waals surface area contributed by atoms with Crippen molar-refractivity contribution in [2.24, 2.45) is 5.92 Å². The average molecular weight is 527 g/mol. The van der Waals surface area contributed by atoms with Crippen molar-refractivity contribution in [3.63, 3.8) is 0 Å². The molecule has 3 aromatic rings. The van der Waals surface area contributed by atoms with Crippen LogP contribution >= 0.6 is 0 Å². The Morgan fingerprint density at radius 2 is 1.51 bits per heavy atom. The van der Waals surface area contributed by atoms with Gasteiger partial charge in [-0.15, -0.1) is 0 Å². The van der Waals surface area contributed by atoms with Crippen LogP contribution in [0.15, 0.2) is 72.8 Å². The standard InChI is InChI=1S/C32H34N2O5/c1-21-28(19-33-16-5-2-6-17-33)38-32(39-29(21)23-14-12-22(20-35)13-15-23)24-8-7-9-25(18-24)34-30(36)26-10-3-4-11-27(26)31(34)37/h3-4,7-15,18,21,28-29,32,35H,2,5-6,16-17,19-20H2,1H3/t21-,28+,29+,32+/m1/s1. The first-order valence-electron chi connectivity index (χ1n) is 13.8. The molecule has 6 rings (SSSR count). The molecule has 3 aliphatic heterocycles. The highest BCUT2D eigenvalue weighted by molar-refractivity contribution is 6.34. The summed E-state index contributed by atoms with van der Waals surface area (Å²) in [6, 6.07) is 22.2. The molecule has 0 aliphatic carbocycles. The van der Waals surface area contributed by atoms with Crippen LogP contribution in [0.2, 0.25) is 0 Å². The van der Waals surface area contributed by atoms with Gasteiger partial charge in [-0.2, -0.15) is 0 Å². The highest BCUT2D eigenvalue weighted by atomic mass is 16.7. The fraction of sp³-hybridized carbons (Fsp3) is 0.375. The second-order valence-corrected chi connectivity index (χ2v) is 10.8. The molecule has 0 saturated carbocycles. The average Bonchev–Trinajstić information content (AvgIpc) is 3.24. The molecule has 0 spiro atoms. The van der Waals surface area contributed by atoms with Crippen LogP contribution in [-0.2, 0) is 16.1 Å². The van der Waals surface area contributed by atoms with Crippen molar-refractivity contribution < 1.29 is 24.2 Å². The number of ether oxygens (including phenoxy) is 2. The van der Waals surface area contributed by atoms with Crippen molar-refractivity contribution >= 4 is 17.5 Å². The minimum Gasteiger partial charge on any atom is -0.392 e. The summed E-state index contributed by atoms with van der Waals surface area (Å²) in [4.78, 5) is 30.0. The maximum atomic E-state index is 13.1. The number of anilines is 1. The molecule has 0 radical (unpaired) electrons. The van der Waals surface area contributed by atoms with Crippen molar-refractivity contribution in [3.05, 3.63) is 101 Å². The van der Waals surface area contributed by atoms with Gasteiger partial charge < -0.3 is 19.5 Å². The van der Waals surface area contributed by atoms with Crippen LogP contribution in [0.3, 0.4) is 0 Å². The maximum absolute atomic E-state index is 13.1. The van der Waals surface area contributed by atoms with Crippen LogP contribution in [0, 0.1) is 5.92 Å². The molecule has 3 aliphatic rings. The summed E-state index contributed by atoms with van der Waals surface area (Å²) in [5.41, 5.74) is 3.99. The van der Waals surface area contributed by atoms with Gasteiger partial charge in [-0.05, 0) is 61.3 Å². The summed E-state index contributed by atoms with van der Waals surface area (Å²) in [5, 5.41) is 9.51. The van der Waals surface area contributed by atoms with E-state index in [2.05, 4.69) is 11.8 Å². The molecule has 7 nitrogen and oxygen atoms in total. The van der Waals surface area contributed by atoms with Gasteiger partial charge in [0.1, 0.15) is 0 Å². The first kappa shape index (κ1) is 25.9. The predicted molar refractivity (Wildman–Crippen MR) is 147 cm³/mol. The number of carbonyl (C=O) groups is 2. The third-order valence-electron chi connectivity index (χ3n) is 8.20. The number of benzene rings is 3. The van der Waals surface area contributed by atoms with Gasteiger partial charge in [-0.25, -0.2) is 4.90 Å². The van der Waals surface area contributed by atoms with Gasteiger partial charge in [0.25, 0.3) is 11.8 Å². The number of aliphatic hydroxyl groups excluding tert-OH is 1. The molecule has 7 heteroatoms. The number of likely N-dealkylation sites (tertiary alicyclic amines) is 1. The summed E-state index contributed by atoms with van der Waals surface area (Å²) in [6.07, 6.45) is 2.74. The van der Waals surface area contributed by atoms with Gasteiger partial charge in [0.2, 0.25) is 0 Å². The monoisotopic (exact) mass is 526 g/mol. The lowest BCUT2D eigenvalue weighted by Crippen LogP contribution is -2.45. The number of amides is 2. The fourth-order valence-electron chi connectivity index (χ4n) is 5.96. The third-order valence-corrected chi connectivity index (χ3v) is 8.20. The van der Waals surface area contributed by atoms with Crippen molar-refractivity contribution in [3.8, 4) is 0 Å². The predicted octanol–water partition coefficient (Wildman–Crippen LogP) is 5.26. The van der Waals surface area contributed by atoms with Crippen LogP contribution < -0.4 is 4.90 Å². The Bertz CT molecular complexity index is 1320. The van der Waals surface area contributed by atoms with Crippen LogP contribution in [0.4, 0.5) is 5.69 Å². The molecule has 0 bridgehead atoms. The Balaban J connectivity index is 1.30. The molecule has 0 unspecified atom stereocenters. The molecule has 4 atom stereocenters. The molecule has 2 fully saturated rings. The smallest absolute Gasteiger partial charge is 0.266 e. The van der Waals surface area contributed by atoms with Gasteiger partial charge in [-0.1, -0.05) is 61.9 Å². The minimum atomic E-state index is -0.659. The van der Waals surface area contributed by atoms with E-state index in [1.165, 1.54) is 24.2 Å². The normalized spacial score (nSPS) is 25.6. The summed E-state index contributed by atoms with van der Waals surface area (Å²) < 4.78 is 13.2. The number of aliphatic hydroxyl groups is 1. The highest BCUT2D eigenvalue weighted by Gasteiger charge is 2.40. The van der Waals surface area contributed by atoms with E-state index < -0.39 is 6.29 Å². The van der Waals surface area contributed by atoms with Gasteiger partial charge in [0, 0.05) is 18.0 Å². The molecule has 2 amide bonds. The molecule has 2 saturated heterocycles. The van der Waals surface area contributed by atoms with E-state index in [9.17, 15) is 14.7 Å². The van der Waals surface area contributed by atoms with E-state index in [0.29, 0.717) is 16.8 Å². The lowest BCUT2D eigenvalue weighted by Gasteiger charge is -2.43. The number of rotatable bonds is 6. The fourth-order valence-corrected chi connectivity index (χ4v) is 5.96. The molecule has 3 heterocycles. The second-order valence-electron chi connectivity index (χ2n) is 10.8. The van der Waals surface area contributed by atoms with Crippen LogP contribution in [0.25, 0.3) is 0 Å². The lowest BCUT2D eigenvalue weighted by atomic mass is 9.89. The number of imide groups is 1. The largest absolute Gasteiger partial charge is 0.392 e. The minimum absolute atomic E-state index is 0.00468. The molecular weight excluding hydrogens is 492 g/mol. The van der Waals surface area contributed by atoms with E-state index in [1.807, 2.05) is 42.5 Å². The zero-order chi connectivity index (χ0) is 26.9.